The number of carbonyl (C=O) groups is 2. The fraction of sp³-hybridized carbons (Fsp3) is 0.143. The zero-order valence-electron chi connectivity index (χ0n) is 11.2. The Kier molecular flexibility index (Phi) is 6.48. The van der Waals surface area contributed by atoms with Crippen molar-refractivity contribution in [2.45, 2.75) is 12.8 Å². The number of para-hydroxylation sites is 1. The molecule has 0 amide bonds. The van der Waals surface area contributed by atoms with Gasteiger partial charge in [0, 0.05) is 11.4 Å². The number of carbonyl (C=O) groups excluding carboxylic acids is 2. The van der Waals surface area contributed by atoms with Gasteiger partial charge < -0.3 is 19.8 Å². The predicted molar refractivity (Wildman–Crippen MR) is 72.0 cm³/mol. The zero-order chi connectivity index (χ0) is 15.2. The molecule has 115 valence electrons. The summed E-state index contributed by atoms with van der Waals surface area (Å²) in [5.74, 6) is -2.54. The van der Waals surface area contributed by atoms with E-state index in [1.54, 1.807) is 18.2 Å². The summed E-state index contributed by atoms with van der Waals surface area (Å²) in [5, 5.41) is 25.7. The van der Waals surface area contributed by atoms with Crippen molar-refractivity contribution in [3.63, 3.8) is 0 Å². The molecule has 0 unspecified atom stereocenters. The third-order valence-electron chi connectivity index (χ3n) is 2.71. The Hall–Kier alpha value is -2.45. The first-order valence-corrected chi connectivity index (χ1v) is 6.16. The Bertz CT molecular complexity index is 718. The quantitative estimate of drug-likeness (QED) is 0.546. The zero-order valence-corrected chi connectivity index (χ0v) is 12.3. The van der Waals surface area contributed by atoms with Gasteiger partial charge in [0.25, 0.3) is 0 Å². The number of hydrogen-bond donors (Lipinski definition) is 1. The molecule has 0 saturated heterocycles. The van der Waals surface area contributed by atoms with Crippen LogP contribution < -0.4 is 15.6 Å². The summed E-state index contributed by atoms with van der Waals surface area (Å²) in [6.45, 7) is 0. The van der Waals surface area contributed by atoms with Crippen molar-refractivity contribution in [2.75, 3.05) is 5.43 Å². The first-order chi connectivity index (χ1) is 10.1. The maximum absolute atomic E-state index is 10.8. The fourth-order valence-corrected chi connectivity index (χ4v) is 1.68. The summed E-state index contributed by atoms with van der Waals surface area (Å²) < 4.78 is 0. The minimum absolute atomic E-state index is 0. The van der Waals surface area contributed by atoms with Gasteiger partial charge in [0.15, 0.2) is 0 Å². The van der Waals surface area contributed by atoms with Crippen LogP contribution in [-0.4, -0.2) is 22.6 Å². The number of hydrazone groups is 1. The number of benzene rings is 1. The number of carboxylic acids is 2. The third kappa shape index (κ3) is 4.83. The van der Waals surface area contributed by atoms with Gasteiger partial charge in [-0.3, -0.25) is 5.43 Å². The Balaban J connectivity index is 0.00000242. The van der Waals surface area contributed by atoms with Gasteiger partial charge in [0.2, 0.25) is 0 Å². The molecule has 0 bridgehead atoms. The van der Waals surface area contributed by atoms with Gasteiger partial charge in [-0.1, -0.05) is 18.2 Å². The number of rotatable bonds is 6. The Morgan fingerprint density at radius 2 is 1.82 bits per heavy atom. The number of nitrogens with zero attached hydrogens (tertiary/aromatic N) is 2. The molecule has 1 heterocycles. The van der Waals surface area contributed by atoms with E-state index in [-0.39, 0.29) is 23.2 Å². The van der Waals surface area contributed by atoms with Crippen LogP contribution in [0.1, 0.15) is 12.8 Å². The monoisotopic (exact) mass is 344 g/mol. The van der Waals surface area contributed by atoms with Crippen LogP contribution in [-0.2, 0) is 26.4 Å². The minimum atomic E-state index is -1.54. The van der Waals surface area contributed by atoms with Crippen LogP contribution in [0.25, 0.3) is 10.9 Å². The van der Waals surface area contributed by atoms with E-state index in [1.165, 1.54) is 0 Å². The minimum Gasteiger partial charge on any atom is -0.550 e. The Morgan fingerprint density at radius 3 is 2.50 bits per heavy atom. The molecule has 0 aliphatic carbocycles. The first kappa shape index (κ1) is 17.6. The van der Waals surface area contributed by atoms with Crippen LogP contribution in [0.4, 0.5) is 5.82 Å². The normalized spacial score (nSPS) is 10.8. The Morgan fingerprint density at radius 1 is 1.09 bits per heavy atom. The van der Waals surface area contributed by atoms with Crippen LogP contribution in [0.2, 0.25) is 0 Å². The summed E-state index contributed by atoms with van der Waals surface area (Å²) in [7, 11) is 0. The summed E-state index contributed by atoms with van der Waals surface area (Å²) in [4.78, 5) is 25.4. The number of aliphatic carboxylic acids is 2. The second-order valence-electron chi connectivity index (χ2n) is 4.22. The molecule has 1 N–H and O–H groups in total. The SMILES string of the molecule is O=C([O-])CC/C(=N/Nc1ccc2ccccc2n1)C(=O)[O-].[Co+2]. The maximum Gasteiger partial charge on any atom is 2.00 e. The van der Waals surface area contributed by atoms with Crippen molar-refractivity contribution in [1.29, 1.82) is 0 Å². The van der Waals surface area contributed by atoms with E-state index in [2.05, 4.69) is 15.5 Å². The first-order valence-electron chi connectivity index (χ1n) is 6.16. The molecule has 1 radical (unpaired) electrons. The number of carboxylic acid groups (broad SMARTS) is 2. The van der Waals surface area contributed by atoms with Crippen molar-refractivity contribution in [3.05, 3.63) is 36.4 Å². The average Bonchev–Trinajstić information content (AvgIpc) is 2.46. The molecule has 22 heavy (non-hydrogen) atoms. The van der Waals surface area contributed by atoms with Crippen molar-refractivity contribution < 1.29 is 36.6 Å². The Labute approximate surface area is 136 Å². The molecule has 0 saturated carbocycles. The van der Waals surface area contributed by atoms with Crippen LogP contribution >= 0.6 is 0 Å². The molecule has 2 aromatic rings. The van der Waals surface area contributed by atoms with Crippen LogP contribution in [0, 0.1) is 0 Å². The largest absolute Gasteiger partial charge is 2.00 e. The molecule has 0 aliphatic rings. The number of pyridine rings is 1. The van der Waals surface area contributed by atoms with Gasteiger partial charge in [-0.05, 0) is 31.0 Å². The van der Waals surface area contributed by atoms with Crippen LogP contribution in [0.3, 0.4) is 0 Å². The van der Waals surface area contributed by atoms with Crippen molar-refractivity contribution in [3.8, 4) is 0 Å². The van der Waals surface area contributed by atoms with E-state index < -0.39 is 24.1 Å². The summed E-state index contributed by atoms with van der Waals surface area (Å²) in [5.41, 5.74) is 2.80. The van der Waals surface area contributed by atoms with Crippen LogP contribution in [0.5, 0.6) is 0 Å². The maximum atomic E-state index is 10.8. The number of anilines is 1. The van der Waals surface area contributed by atoms with E-state index in [4.69, 9.17) is 0 Å². The molecule has 2 rings (SSSR count). The number of aromatic nitrogens is 1. The summed E-state index contributed by atoms with van der Waals surface area (Å²) >= 11 is 0. The number of fused-ring (bicyclic) bond motifs is 1. The molecule has 8 heteroatoms. The second-order valence-corrected chi connectivity index (χ2v) is 4.22. The summed E-state index contributed by atoms with van der Waals surface area (Å²) in [6, 6.07) is 10.8. The number of hydrogen-bond acceptors (Lipinski definition) is 7. The van der Waals surface area contributed by atoms with Gasteiger partial charge in [-0.2, -0.15) is 5.10 Å². The standard InChI is InChI=1S/C14H13N3O4.Co/c18-13(19)8-6-11(14(20)21)16-17-12-7-5-9-3-1-2-4-10(9)15-12;/h1-5,7H,6,8H2,(H,15,17)(H,18,19)(H,20,21);/q;+2/p-2/b16-11-;. The van der Waals surface area contributed by atoms with E-state index in [0.717, 1.165) is 10.9 Å². The predicted octanol–water partition coefficient (Wildman–Crippen LogP) is -0.720. The molecular formula is C14H11CoN3O4. The molecule has 7 nitrogen and oxygen atoms in total. The van der Waals surface area contributed by atoms with Gasteiger partial charge in [0.1, 0.15) is 5.82 Å². The van der Waals surface area contributed by atoms with Crippen molar-refractivity contribution >= 4 is 34.4 Å². The van der Waals surface area contributed by atoms with Crippen LogP contribution in [0.15, 0.2) is 41.5 Å². The van der Waals surface area contributed by atoms with E-state index in [1.807, 2.05) is 18.2 Å². The fourth-order valence-electron chi connectivity index (χ4n) is 1.68. The third-order valence-corrected chi connectivity index (χ3v) is 2.71. The molecule has 0 spiro atoms. The molecular weight excluding hydrogens is 333 g/mol. The van der Waals surface area contributed by atoms with Gasteiger partial charge in [0.05, 0.1) is 17.2 Å². The van der Waals surface area contributed by atoms with E-state index in [9.17, 15) is 19.8 Å². The molecule has 1 aromatic carbocycles. The molecule has 0 fully saturated rings. The summed E-state index contributed by atoms with van der Waals surface area (Å²) in [6.07, 6.45) is -0.731. The van der Waals surface area contributed by atoms with Gasteiger partial charge in [-0.15, -0.1) is 0 Å². The average molecular weight is 344 g/mol. The topological polar surface area (TPSA) is 118 Å². The second kappa shape index (κ2) is 8.10. The number of nitrogens with one attached hydrogen (secondary N) is 1. The van der Waals surface area contributed by atoms with Gasteiger partial charge in [-0.25, -0.2) is 4.98 Å². The molecule has 0 aliphatic heterocycles. The smallest absolute Gasteiger partial charge is 0.550 e. The van der Waals surface area contributed by atoms with E-state index in [0.29, 0.717) is 5.82 Å². The molecule has 0 atom stereocenters. The van der Waals surface area contributed by atoms with E-state index >= 15 is 0 Å². The van der Waals surface area contributed by atoms with Crippen molar-refractivity contribution in [1.82, 2.24) is 4.98 Å². The molecule has 1 aromatic heterocycles. The van der Waals surface area contributed by atoms with Gasteiger partial charge >= 0.3 is 16.8 Å². The van der Waals surface area contributed by atoms with Crippen molar-refractivity contribution in [2.24, 2.45) is 5.10 Å².